The van der Waals surface area contributed by atoms with Crippen LogP contribution in [0, 0.1) is 5.92 Å². The van der Waals surface area contributed by atoms with Gasteiger partial charge in [0.2, 0.25) is 5.91 Å². The molecule has 0 aliphatic carbocycles. The van der Waals surface area contributed by atoms with Crippen molar-refractivity contribution in [1.82, 2.24) is 10.3 Å². The minimum atomic E-state index is -4.40. The average molecular weight is 301 g/mol. The number of alkyl halides is 3. The molecule has 0 aromatic carbocycles. The number of nitrogens with one attached hydrogen (secondary N) is 1. The number of hydrogen-bond donors (Lipinski definition) is 1. The van der Waals surface area contributed by atoms with Crippen LogP contribution in [0.5, 0.6) is 0 Å². The van der Waals surface area contributed by atoms with Crippen LogP contribution in [0.15, 0.2) is 18.3 Å². The monoisotopic (exact) mass is 301 g/mol. The summed E-state index contributed by atoms with van der Waals surface area (Å²) in [5, 5.41) is 2.86. The van der Waals surface area contributed by atoms with Crippen LogP contribution < -0.4 is 10.2 Å². The number of halogens is 3. The van der Waals surface area contributed by atoms with E-state index in [1.807, 2.05) is 4.90 Å². The molecule has 2 aliphatic rings. The summed E-state index contributed by atoms with van der Waals surface area (Å²) in [5.41, 5.74) is -0.779. The molecular weight excluding hydrogens is 287 g/mol. The summed E-state index contributed by atoms with van der Waals surface area (Å²) in [6, 6.07) is 2.18. The Hall–Kier alpha value is -1.83. The van der Waals surface area contributed by atoms with Crippen molar-refractivity contribution in [1.29, 1.82) is 0 Å². The Balaban J connectivity index is 1.82. The third-order valence-corrected chi connectivity index (χ3v) is 3.64. The lowest BCUT2D eigenvalue weighted by atomic mass is 10.1. The Labute approximate surface area is 119 Å². The number of rotatable bonds is 1. The van der Waals surface area contributed by atoms with Gasteiger partial charge in [-0.2, -0.15) is 13.2 Å². The smallest absolute Gasteiger partial charge is 0.378 e. The molecule has 8 heteroatoms. The van der Waals surface area contributed by atoms with Crippen molar-refractivity contribution in [3.63, 3.8) is 0 Å². The van der Waals surface area contributed by atoms with Crippen molar-refractivity contribution in [3.05, 3.63) is 23.9 Å². The Morgan fingerprint density at radius 1 is 1.29 bits per heavy atom. The molecule has 2 saturated heterocycles. The molecule has 0 unspecified atom stereocenters. The molecule has 2 aliphatic heterocycles. The SMILES string of the molecule is O=C1N[C@@H]2COC[C@H]1CN(c1ccc(C(F)(F)F)cn1)C2. The first-order chi connectivity index (χ1) is 9.93. The van der Waals surface area contributed by atoms with Crippen molar-refractivity contribution in [2.75, 3.05) is 31.2 Å². The van der Waals surface area contributed by atoms with Crippen LogP contribution >= 0.6 is 0 Å². The van der Waals surface area contributed by atoms with Crippen LogP contribution in [0.1, 0.15) is 5.56 Å². The minimum Gasteiger partial charge on any atom is -0.378 e. The zero-order valence-electron chi connectivity index (χ0n) is 11.1. The lowest BCUT2D eigenvalue weighted by molar-refractivity contribution is -0.137. The second-order valence-electron chi connectivity index (χ2n) is 5.25. The number of hydrogen-bond acceptors (Lipinski definition) is 4. The molecule has 0 spiro atoms. The third kappa shape index (κ3) is 2.94. The van der Waals surface area contributed by atoms with Crippen LogP contribution in [-0.2, 0) is 15.7 Å². The zero-order chi connectivity index (χ0) is 15.0. The van der Waals surface area contributed by atoms with E-state index in [1.54, 1.807) is 0 Å². The van der Waals surface area contributed by atoms with Crippen LogP contribution in [0.3, 0.4) is 0 Å². The van der Waals surface area contributed by atoms with Gasteiger partial charge < -0.3 is 15.0 Å². The van der Waals surface area contributed by atoms with Gasteiger partial charge in [0, 0.05) is 19.3 Å². The second kappa shape index (κ2) is 5.18. The van der Waals surface area contributed by atoms with Gasteiger partial charge in [0.25, 0.3) is 0 Å². The van der Waals surface area contributed by atoms with Crippen molar-refractivity contribution in [2.45, 2.75) is 12.2 Å². The van der Waals surface area contributed by atoms with E-state index in [2.05, 4.69) is 10.3 Å². The maximum atomic E-state index is 12.5. The molecule has 114 valence electrons. The molecule has 5 nitrogen and oxygen atoms in total. The molecular formula is C13H14F3N3O2. The van der Waals surface area contributed by atoms with E-state index in [0.717, 1.165) is 12.3 Å². The topological polar surface area (TPSA) is 54.5 Å². The summed E-state index contributed by atoms with van der Waals surface area (Å²) >= 11 is 0. The molecule has 1 aromatic heterocycles. The highest BCUT2D eigenvalue weighted by Gasteiger charge is 2.34. The molecule has 2 fully saturated rings. The lowest BCUT2D eigenvalue weighted by Gasteiger charge is -2.28. The minimum absolute atomic E-state index is 0.0769. The van der Waals surface area contributed by atoms with Crippen molar-refractivity contribution < 1.29 is 22.7 Å². The van der Waals surface area contributed by atoms with Crippen LogP contribution in [0.25, 0.3) is 0 Å². The summed E-state index contributed by atoms with van der Waals surface area (Å²) < 4.78 is 43.0. The fourth-order valence-electron chi connectivity index (χ4n) is 2.56. The Bertz CT molecular complexity index is 532. The number of amides is 1. The van der Waals surface area contributed by atoms with Gasteiger partial charge in [0.15, 0.2) is 0 Å². The average Bonchev–Trinajstić information content (AvgIpc) is 2.66. The lowest BCUT2D eigenvalue weighted by Crippen LogP contribution is -2.42. The van der Waals surface area contributed by atoms with Crippen LogP contribution in [0.4, 0.5) is 19.0 Å². The van der Waals surface area contributed by atoms with Gasteiger partial charge in [-0.25, -0.2) is 4.98 Å². The van der Waals surface area contributed by atoms with Gasteiger partial charge in [-0.15, -0.1) is 0 Å². The first-order valence-electron chi connectivity index (χ1n) is 6.60. The van der Waals surface area contributed by atoms with Gasteiger partial charge in [0.05, 0.1) is 30.7 Å². The van der Waals surface area contributed by atoms with Gasteiger partial charge in [0.1, 0.15) is 5.82 Å². The normalized spacial score (nSPS) is 26.2. The van der Waals surface area contributed by atoms with E-state index in [4.69, 9.17) is 4.74 Å². The molecule has 21 heavy (non-hydrogen) atoms. The second-order valence-corrected chi connectivity index (χ2v) is 5.25. The summed E-state index contributed by atoms with van der Waals surface area (Å²) in [5.74, 6) is 0.0323. The van der Waals surface area contributed by atoms with E-state index in [9.17, 15) is 18.0 Å². The highest BCUT2D eigenvalue weighted by atomic mass is 19.4. The maximum absolute atomic E-state index is 12.5. The van der Waals surface area contributed by atoms with Crippen molar-refractivity contribution in [2.24, 2.45) is 5.92 Å². The van der Waals surface area contributed by atoms with E-state index >= 15 is 0 Å². The number of fused-ring (bicyclic) bond motifs is 3. The van der Waals surface area contributed by atoms with Crippen molar-refractivity contribution >= 4 is 11.7 Å². The van der Waals surface area contributed by atoms with E-state index in [0.29, 0.717) is 32.1 Å². The van der Waals surface area contributed by atoms with E-state index in [1.165, 1.54) is 6.07 Å². The number of ether oxygens (including phenoxy) is 1. The third-order valence-electron chi connectivity index (χ3n) is 3.64. The van der Waals surface area contributed by atoms with Gasteiger partial charge in [-0.05, 0) is 12.1 Å². The van der Waals surface area contributed by atoms with Gasteiger partial charge in [-0.1, -0.05) is 0 Å². The van der Waals surface area contributed by atoms with Crippen molar-refractivity contribution in [3.8, 4) is 0 Å². The predicted molar refractivity (Wildman–Crippen MR) is 67.7 cm³/mol. The van der Waals surface area contributed by atoms with E-state index < -0.39 is 11.7 Å². The van der Waals surface area contributed by atoms with Gasteiger partial charge in [-0.3, -0.25) is 4.79 Å². The Kier molecular flexibility index (Phi) is 3.48. The largest absolute Gasteiger partial charge is 0.417 e. The van der Waals surface area contributed by atoms with Crippen LogP contribution in [-0.4, -0.2) is 43.2 Å². The van der Waals surface area contributed by atoms with Crippen LogP contribution in [0.2, 0.25) is 0 Å². The number of anilines is 1. The summed E-state index contributed by atoms with van der Waals surface area (Å²) in [6.07, 6.45) is -3.58. The molecule has 1 amide bonds. The number of carbonyl (C=O) groups excluding carboxylic acids is 1. The first-order valence-corrected chi connectivity index (χ1v) is 6.60. The maximum Gasteiger partial charge on any atom is 0.417 e. The quantitative estimate of drug-likeness (QED) is 0.842. The molecule has 1 aromatic rings. The Morgan fingerprint density at radius 3 is 2.76 bits per heavy atom. The highest BCUT2D eigenvalue weighted by Crippen LogP contribution is 2.29. The molecule has 2 atom stereocenters. The predicted octanol–water partition coefficient (Wildman–Crippen LogP) is 1.05. The molecule has 3 heterocycles. The van der Waals surface area contributed by atoms with E-state index in [-0.39, 0.29) is 17.9 Å². The number of nitrogens with zero attached hydrogens (tertiary/aromatic N) is 2. The summed E-state index contributed by atoms with van der Waals surface area (Å²) in [4.78, 5) is 17.6. The molecule has 1 N–H and O–H groups in total. The fourth-order valence-corrected chi connectivity index (χ4v) is 2.56. The van der Waals surface area contributed by atoms with Gasteiger partial charge >= 0.3 is 6.18 Å². The number of aromatic nitrogens is 1. The highest BCUT2D eigenvalue weighted by molar-refractivity contribution is 5.80. The number of pyridine rings is 1. The summed E-state index contributed by atoms with van der Waals surface area (Å²) in [7, 11) is 0. The summed E-state index contributed by atoms with van der Waals surface area (Å²) in [6.45, 7) is 1.58. The molecule has 0 radical (unpaired) electrons. The first kappa shape index (κ1) is 14.1. The Morgan fingerprint density at radius 2 is 2.10 bits per heavy atom. The number of carbonyl (C=O) groups is 1. The molecule has 2 bridgehead atoms. The zero-order valence-corrected chi connectivity index (χ0v) is 11.1. The molecule has 0 saturated carbocycles. The molecule has 3 rings (SSSR count). The standard InChI is InChI=1S/C13H14F3N3O2/c14-13(15,16)9-1-2-11(17-3-9)19-4-8-6-21-7-10(5-19)18-12(8)20/h1-3,8,10H,4-7H2,(H,18,20)/t8-,10+/m1/s1. The fraction of sp³-hybridized carbons (Fsp3) is 0.538.